The number of phenolic OH excluding ortho intramolecular Hbond substituents is 3. The maximum atomic E-state index is 9.38. The van der Waals surface area contributed by atoms with Gasteiger partial charge in [0, 0.05) is 10.9 Å². The molecule has 0 aliphatic carbocycles. The van der Waals surface area contributed by atoms with E-state index in [2.05, 4.69) is 0 Å². The van der Waals surface area contributed by atoms with E-state index in [1.165, 1.54) is 12.5 Å². The van der Waals surface area contributed by atoms with Crippen LogP contribution in [0.25, 0.3) is 10.8 Å². The zero-order valence-electron chi connectivity index (χ0n) is 6.90. The van der Waals surface area contributed by atoms with Crippen molar-refractivity contribution < 1.29 is 19.7 Å². The Morgan fingerprint density at radius 2 is 1.54 bits per heavy atom. The minimum absolute atomic E-state index is 0.314. The number of benzene rings is 1. The number of hydrogen-bond donors (Lipinski definition) is 3. The van der Waals surface area contributed by atoms with Crippen molar-refractivity contribution in [2.45, 2.75) is 6.92 Å². The molecule has 0 saturated carbocycles. The van der Waals surface area contributed by atoms with Crippen molar-refractivity contribution >= 4 is 10.8 Å². The Kier molecular flexibility index (Phi) is 1.39. The third-order valence-corrected chi connectivity index (χ3v) is 2.12. The molecule has 0 unspecified atom stereocenters. The summed E-state index contributed by atoms with van der Waals surface area (Å²) in [6.07, 6.45) is 2.72. The molecular formula is C9H8O4. The molecule has 0 saturated heterocycles. The number of hydrogen-bond acceptors (Lipinski definition) is 4. The van der Waals surface area contributed by atoms with Gasteiger partial charge in [0.1, 0.15) is 6.26 Å². The number of aryl methyl sites for hydroxylation is 1. The largest absolute Gasteiger partial charge is 0.504 e. The van der Waals surface area contributed by atoms with Gasteiger partial charge in [-0.3, -0.25) is 0 Å². The highest BCUT2D eigenvalue weighted by Gasteiger charge is 2.16. The molecule has 4 nitrogen and oxygen atoms in total. The summed E-state index contributed by atoms with van der Waals surface area (Å²) in [6.45, 7) is 1.63. The minimum Gasteiger partial charge on any atom is -0.504 e. The molecule has 0 amide bonds. The number of fused-ring (bicyclic) bond motifs is 1. The molecular weight excluding hydrogens is 172 g/mol. The second-order valence-electron chi connectivity index (χ2n) is 2.87. The van der Waals surface area contributed by atoms with Gasteiger partial charge in [0.2, 0.25) is 5.75 Å². The summed E-state index contributed by atoms with van der Waals surface area (Å²) < 4.78 is 4.85. The van der Waals surface area contributed by atoms with Crippen molar-refractivity contribution in [3.63, 3.8) is 0 Å². The summed E-state index contributed by atoms with van der Waals surface area (Å²) >= 11 is 0. The van der Waals surface area contributed by atoms with E-state index in [-0.39, 0.29) is 11.5 Å². The van der Waals surface area contributed by atoms with Crippen LogP contribution in [0.5, 0.6) is 17.2 Å². The lowest BCUT2D eigenvalue weighted by Gasteiger charge is -2.04. The molecule has 68 valence electrons. The Labute approximate surface area is 73.7 Å². The first-order valence-electron chi connectivity index (χ1n) is 3.72. The normalized spacial score (nSPS) is 10.8. The second kappa shape index (κ2) is 2.32. The predicted octanol–water partition coefficient (Wildman–Crippen LogP) is 1.86. The van der Waals surface area contributed by atoms with Crippen molar-refractivity contribution in [2.24, 2.45) is 0 Å². The first-order chi connectivity index (χ1) is 6.13. The topological polar surface area (TPSA) is 73.8 Å². The fraction of sp³-hybridized carbons (Fsp3) is 0.111. The van der Waals surface area contributed by atoms with Gasteiger partial charge in [0.05, 0.1) is 11.6 Å². The quantitative estimate of drug-likeness (QED) is 0.541. The van der Waals surface area contributed by atoms with Crippen molar-refractivity contribution in [1.29, 1.82) is 0 Å². The number of aromatic hydroxyl groups is 3. The van der Waals surface area contributed by atoms with Crippen LogP contribution in [0.2, 0.25) is 0 Å². The van der Waals surface area contributed by atoms with Crippen LogP contribution in [-0.4, -0.2) is 15.3 Å². The van der Waals surface area contributed by atoms with Gasteiger partial charge in [0.25, 0.3) is 0 Å². The summed E-state index contributed by atoms with van der Waals surface area (Å²) in [5, 5.41) is 29.0. The number of rotatable bonds is 0. The van der Waals surface area contributed by atoms with Gasteiger partial charge in [-0.15, -0.1) is 0 Å². The van der Waals surface area contributed by atoms with Gasteiger partial charge in [-0.2, -0.15) is 0 Å². The molecule has 0 aliphatic heterocycles. The van der Waals surface area contributed by atoms with Crippen LogP contribution < -0.4 is 0 Å². The van der Waals surface area contributed by atoms with Crippen molar-refractivity contribution in [1.82, 2.24) is 0 Å². The maximum absolute atomic E-state index is 9.38. The first-order valence-corrected chi connectivity index (χ1v) is 3.72. The van der Waals surface area contributed by atoms with E-state index in [1.807, 2.05) is 0 Å². The van der Waals surface area contributed by atoms with Gasteiger partial charge >= 0.3 is 0 Å². The van der Waals surface area contributed by atoms with E-state index in [1.54, 1.807) is 6.92 Å². The van der Waals surface area contributed by atoms with Crippen molar-refractivity contribution in [2.75, 3.05) is 0 Å². The molecule has 13 heavy (non-hydrogen) atoms. The SMILES string of the molecule is Cc1c(O)c(O)c(O)c2cocc12. The summed E-state index contributed by atoms with van der Waals surface area (Å²) in [7, 11) is 0. The molecule has 0 aliphatic rings. The fourth-order valence-corrected chi connectivity index (χ4v) is 1.32. The third-order valence-electron chi connectivity index (χ3n) is 2.12. The molecule has 0 spiro atoms. The van der Waals surface area contributed by atoms with Gasteiger partial charge in [0.15, 0.2) is 11.5 Å². The number of phenols is 3. The molecule has 0 atom stereocenters. The van der Waals surface area contributed by atoms with Crippen LogP contribution in [-0.2, 0) is 0 Å². The molecule has 0 fully saturated rings. The first kappa shape index (κ1) is 7.79. The maximum Gasteiger partial charge on any atom is 0.201 e. The van der Waals surface area contributed by atoms with E-state index in [0.717, 1.165) is 0 Å². The van der Waals surface area contributed by atoms with Gasteiger partial charge < -0.3 is 19.7 Å². The number of furan rings is 1. The Balaban J connectivity index is 3.02. The van der Waals surface area contributed by atoms with Crippen LogP contribution in [0.4, 0.5) is 0 Å². The monoisotopic (exact) mass is 180 g/mol. The van der Waals surface area contributed by atoms with Crippen LogP contribution >= 0.6 is 0 Å². The highest BCUT2D eigenvalue weighted by molar-refractivity contribution is 5.94. The summed E-state index contributed by atoms with van der Waals surface area (Å²) in [4.78, 5) is 0. The predicted molar refractivity (Wildman–Crippen MR) is 45.9 cm³/mol. The highest BCUT2D eigenvalue weighted by atomic mass is 16.3. The zero-order chi connectivity index (χ0) is 9.59. The molecule has 1 aromatic heterocycles. The average Bonchev–Trinajstić information content (AvgIpc) is 2.59. The lowest BCUT2D eigenvalue weighted by molar-refractivity contribution is 0.369. The lowest BCUT2D eigenvalue weighted by atomic mass is 10.1. The van der Waals surface area contributed by atoms with E-state index < -0.39 is 5.75 Å². The Hall–Kier alpha value is -1.84. The van der Waals surface area contributed by atoms with Crippen LogP contribution in [0.3, 0.4) is 0 Å². The molecule has 0 bridgehead atoms. The molecule has 3 N–H and O–H groups in total. The van der Waals surface area contributed by atoms with Crippen LogP contribution in [0, 0.1) is 6.92 Å². The Morgan fingerprint density at radius 1 is 0.923 bits per heavy atom. The Morgan fingerprint density at radius 3 is 2.23 bits per heavy atom. The average molecular weight is 180 g/mol. The summed E-state index contributed by atoms with van der Waals surface area (Å²) in [5.41, 5.74) is 0.485. The standard InChI is InChI=1S/C9H8O4/c1-4-5-2-13-3-6(5)8(11)9(12)7(4)10/h2-3,10-12H,1H3. The molecule has 1 aromatic carbocycles. The van der Waals surface area contributed by atoms with E-state index in [9.17, 15) is 15.3 Å². The van der Waals surface area contributed by atoms with Gasteiger partial charge in [-0.25, -0.2) is 0 Å². The lowest BCUT2D eigenvalue weighted by Crippen LogP contribution is -1.79. The molecule has 1 heterocycles. The van der Waals surface area contributed by atoms with E-state index in [4.69, 9.17) is 4.42 Å². The summed E-state index contributed by atoms with van der Waals surface area (Å²) in [5.74, 6) is -1.18. The van der Waals surface area contributed by atoms with Crippen molar-refractivity contribution in [3.05, 3.63) is 18.1 Å². The summed E-state index contributed by atoms with van der Waals surface area (Å²) in [6, 6.07) is 0. The van der Waals surface area contributed by atoms with Crippen LogP contribution in [0.15, 0.2) is 16.9 Å². The second-order valence-corrected chi connectivity index (χ2v) is 2.87. The Bertz CT molecular complexity index is 428. The molecule has 4 heteroatoms. The van der Waals surface area contributed by atoms with Crippen molar-refractivity contribution in [3.8, 4) is 17.2 Å². The van der Waals surface area contributed by atoms with Gasteiger partial charge in [-0.1, -0.05) is 0 Å². The van der Waals surface area contributed by atoms with E-state index in [0.29, 0.717) is 16.3 Å². The smallest absolute Gasteiger partial charge is 0.201 e. The molecule has 2 rings (SSSR count). The van der Waals surface area contributed by atoms with Gasteiger partial charge in [-0.05, 0) is 6.92 Å². The van der Waals surface area contributed by atoms with E-state index >= 15 is 0 Å². The molecule has 0 radical (unpaired) electrons. The third kappa shape index (κ3) is 0.853. The van der Waals surface area contributed by atoms with Crippen LogP contribution in [0.1, 0.15) is 5.56 Å². The minimum atomic E-state index is -0.508. The highest BCUT2D eigenvalue weighted by Crippen LogP contribution is 2.44. The zero-order valence-corrected chi connectivity index (χ0v) is 6.90. The fourth-order valence-electron chi connectivity index (χ4n) is 1.32. The molecule has 2 aromatic rings.